The van der Waals surface area contributed by atoms with E-state index in [2.05, 4.69) is 11.8 Å². The van der Waals surface area contributed by atoms with Crippen molar-refractivity contribution >= 4 is 5.91 Å². The molecular formula is C14H26N2O2. The third-order valence-corrected chi connectivity index (χ3v) is 4.35. The van der Waals surface area contributed by atoms with Crippen molar-refractivity contribution in [2.24, 2.45) is 11.7 Å². The number of nitrogens with two attached hydrogens (primary N) is 1. The van der Waals surface area contributed by atoms with Gasteiger partial charge in [-0.25, -0.2) is 0 Å². The van der Waals surface area contributed by atoms with Crippen LogP contribution < -0.4 is 5.73 Å². The number of hydrogen-bond donors (Lipinski definition) is 1. The van der Waals surface area contributed by atoms with Crippen LogP contribution in [0.4, 0.5) is 0 Å². The van der Waals surface area contributed by atoms with Gasteiger partial charge in [-0.15, -0.1) is 0 Å². The summed E-state index contributed by atoms with van der Waals surface area (Å²) in [6.07, 6.45) is 5.32. The lowest BCUT2D eigenvalue weighted by Gasteiger charge is -2.36. The van der Waals surface area contributed by atoms with Gasteiger partial charge in [0.15, 0.2) is 0 Å². The molecule has 4 heteroatoms. The zero-order chi connectivity index (χ0) is 13.1. The predicted molar refractivity (Wildman–Crippen MR) is 71.1 cm³/mol. The predicted octanol–water partition coefficient (Wildman–Crippen LogP) is 1.53. The van der Waals surface area contributed by atoms with E-state index in [0.717, 1.165) is 38.6 Å². The maximum Gasteiger partial charge on any atom is 0.228 e. The first-order valence-corrected chi connectivity index (χ1v) is 7.29. The Morgan fingerprint density at radius 2 is 2.00 bits per heavy atom. The summed E-state index contributed by atoms with van der Waals surface area (Å²) in [5.74, 6) is 0.373. The van der Waals surface area contributed by atoms with E-state index in [1.807, 2.05) is 6.92 Å². The first-order valence-electron chi connectivity index (χ1n) is 7.29. The first kappa shape index (κ1) is 13.8. The van der Waals surface area contributed by atoms with Crippen molar-refractivity contribution in [3.63, 3.8) is 0 Å². The molecule has 1 heterocycles. The lowest BCUT2D eigenvalue weighted by atomic mass is 9.90. The molecule has 4 nitrogen and oxygen atoms in total. The van der Waals surface area contributed by atoms with Crippen molar-refractivity contribution in [3.8, 4) is 0 Å². The van der Waals surface area contributed by atoms with E-state index in [4.69, 9.17) is 10.5 Å². The summed E-state index contributed by atoms with van der Waals surface area (Å²) in [5, 5.41) is 0. The summed E-state index contributed by atoms with van der Waals surface area (Å²) in [5.41, 5.74) is 5.93. The third kappa shape index (κ3) is 3.04. The van der Waals surface area contributed by atoms with Crippen LogP contribution in [-0.4, -0.2) is 42.1 Å². The molecule has 1 saturated carbocycles. The van der Waals surface area contributed by atoms with Gasteiger partial charge in [0.05, 0.1) is 18.6 Å². The molecule has 0 aromatic rings. The summed E-state index contributed by atoms with van der Waals surface area (Å²) in [6.45, 7) is 5.53. The minimum Gasteiger partial charge on any atom is -0.378 e. The highest BCUT2D eigenvalue weighted by Crippen LogP contribution is 2.27. The first-order chi connectivity index (χ1) is 8.61. The molecule has 2 unspecified atom stereocenters. The monoisotopic (exact) mass is 254 g/mol. The molecule has 1 saturated heterocycles. The van der Waals surface area contributed by atoms with Crippen molar-refractivity contribution in [1.29, 1.82) is 0 Å². The Hall–Kier alpha value is -0.610. The van der Waals surface area contributed by atoms with Gasteiger partial charge in [0.1, 0.15) is 0 Å². The molecule has 1 amide bonds. The van der Waals surface area contributed by atoms with E-state index in [9.17, 15) is 4.79 Å². The Morgan fingerprint density at radius 1 is 1.33 bits per heavy atom. The number of hydrogen-bond acceptors (Lipinski definition) is 3. The highest BCUT2D eigenvalue weighted by atomic mass is 16.5. The summed E-state index contributed by atoms with van der Waals surface area (Å²) in [4.78, 5) is 14.6. The summed E-state index contributed by atoms with van der Waals surface area (Å²) in [6, 6.07) is 0.739. The number of amides is 1. The van der Waals surface area contributed by atoms with Gasteiger partial charge in [0.25, 0.3) is 0 Å². The fourth-order valence-electron chi connectivity index (χ4n) is 3.23. The van der Waals surface area contributed by atoms with Gasteiger partial charge in [-0.2, -0.15) is 0 Å². The average molecular weight is 254 g/mol. The van der Waals surface area contributed by atoms with E-state index in [-0.39, 0.29) is 12.0 Å². The van der Waals surface area contributed by atoms with Gasteiger partial charge in [0.2, 0.25) is 5.91 Å². The Bertz CT molecular complexity index is 288. The fourth-order valence-corrected chi connectivity index (χ4v) is 3.23. The largest absolute Gasteiger partial charge is 0.378 e. The van der Waals surface area contributed by atoms with E-state index in [1.165, 1.54) is 0 Å². The summed E-state index contributed by atoms with van der Waals surface area (Å²) in [7, 11) is 0. The molecule has 0 spiro atoms. The van der Waals surface area contributed by atoms with E-state index in [0.29, 0.717) is 24.6 Å². The van der Waals surface area contributed by atoms with E-state index >= 15 is 0 Å². The van der Waals surface area contributed by atoms with E-state index < -0.39 is 0 Å². The lowest BCUT2D eigenvalue weighted by Crippen LogP contribution is -2.46. The number of carbonyl (C=O) groups is 1. The van der Waals surface area contributed by atoms with Crippen LogP contribution in [0.5, 0.6) is 0 Å². The van der Waals surface area contributed by atoms with Gasteiger partial charge in [-0.3, -0.25) is 4.79 Å². The Morgan fingerprint density at radius 3 is 2.50 bits per heavy atom. The average Bonchev–Trinajstić information content (AvgIpc) is 2.79. The third-order valence-electron chi connectivity index (χ3n) is 4.35. The van der Waals surface area contributed by atoms with Crippen molar-refractivity contribution in [2.75, 3.05) is 13.2 Å². The molecule has 2 rings (SSSR count). The van der Waals surface area contributed by atoms with Crippen LogP contribution in [0.15, 0.2) is 0 Å². The van der Waals surface area contributed by atoms with Crippen molar-refractivity contribution < 1.29 is 9.53 Å². The van der Waals surface area contributed by atoms with Crippen LogP contribution in [-0.2, 0) is 9.53 Å². The van der Waals surface area contributed by atoms with Gasteiger partial charge in [-0.1, -0.05) is 0 Å². The molecule has 1 aliphatic carbocycles. The fraction of sp³-hybridized carbons (Fsp3) is 0.929. The normalized spacial score (nSPS) is 36.6. The maximum atomic E-state index is 12.5. The minimum atomic E-state index is 0.0792. The SMILES string of the molecule is CCN(C(=O)C1COC(C)C1)C1CCC(N)CC1. The van der Waals surface area contributed by atoms with Gasteiger partial charge in [0, 0.05) is 18.6 Å². The quantitative estimate of drug-likeness (QED) is 0.831. The number of nitrogens with zero attached hydrogens (tertiary/aromatic N) is 1. The molecule has 2 fully saturated rings. The molecule has 18 heavy (non-hydrogen) atoms. The van der Waals surface area contributed by atoms with Gasteiger partial charge >= 0.3 is 0 Å². The Labute approximate surface area is 110 Å². The number of rotatable bonds is 3. The standard InChI is InChI=1S/C14H26N2O2/c1-3-16(13-6-4-12(15)5-7-13)14(17)11-8-10(2)18-9-11/h10-13H,3-9,15H2,1-2H3. The highest BCUT2D eigenvalue weighted by molar-refractivity contribution is 5.79. The minimum absolute atomic E-state index is 0.0792. The molecule has 2 atom stereocenters. The molecule has 2 aliphatic rings. The second-order valence-electron chi connectivity index (χ2n) is 5.77. The van der Waals surface area contributed by atoms with Crippen LogP contribution in [0.1, 0.15) is 46.0 Å². The topological polar surface area (TPSA) is 55.6 Å². The highest BCUT2D eigenvalue weighted by Gasteiger charge is 2.34. The molecule has 104 valence electrons. The second kappa shape index (κ2) is 6.02. The zero-order valence-electron chi connectivity index (χ0n) is 11.6. The van der Waals surface area contributed by atoms with Gasteiger partial charge < -0.3 is 15.4 Å². The number of carbonyl (C=O) groups excluding carboxylic acids is 1. The van der Waals surface area contributed by atoms with Gasteiger partial charge in [-0.05, 0) is 46.0 Å². The van der Waals surface area contributed by atoms with Crippen LogP contribution in [0.3, 0.4) is 0 Å². The molecule has 2 N–H and O–H groups in total. The Kier molecular flexibility index (Phi) is 4.62. The molecule has 0 radical (unpaired) electrons. The van der Waals surface area contributed by atoms with Crippen LogP contribution in [0, 0.1) is 5.92 Å². The Balaban J connectivity index is 1.93. The summed E-state index contributed by atoms with van der Waals surface area (Å²) >= 11 is 0. The van der Waals surface area contributed by atoms with Crippen molar-refractivity contribution in [3.05, 3.63) is 0 Å². The second-order valence-corrected chi connectivity index (χ2v) is 5.77. The van der Waals surface area contributed by atoms with Crippen LogP contribution in [0.25, 0.3) is 0 Å². The number of ether oxygens (including phenoxy) is 1. The molecule has 0 aromatic heterocycles. The molecule has 1 aliphatic heterocycles. The smallest absolute Gasteiger partial charge is 0.228 e. The van der Waals surface area contributed by atoms with Crippen LogP contribution >= 0.6 is 0 Å². The van der Waals surface area contributed by atoms with Crippen LogP contribution in [0.2, 0.25) is 0 Å². The van der Waals surface area contributed by atoms with Crippen molar-refractivity contribution in [2.45, 2.75) is 64.1 Å². The molecule has 0 aromatic carbocycles. The molecular weight excluding hydrogens is 228 g/mol. The summed E-state index contributed by atoms with van der Waals surface area (Å²) < 4.78 is 5.52. The maximum absolute atomic E-state index is 12.5. The zero-order valence-corrected chi connectivity index (χ0v) is 11.6. The lowest BCUT2D eigenvalue weighted by molar-refractivity contribution is -0.138. The molecule has 0 bridgehead atoms. The van der Waals surface area contributed by atoms with E-state index in [1.54, 1.807) is 0 Å². The van der Waals surface area contributed by atoms with Crippen molar-refractivity contribution in [1.82, 2.24) is 4.90 Å².